The molecule has 0 saturated heterocycles. The normalized spacial score (nSPS) is 42.8. The molecule has 0 heteroatoms. The molecular formula is C15H28. The Morgan fingerprint density at radius 2 is 1.47 bits per heavy atom. The molecule has 0 bridgehead atoms. The third-order valence-electron chi connectivity index (χ3n) is 5.06. The molecule has 0 spiro atoms. The molecule has 0 radical (unpaired) electrons. The van der Waals surface area contributed by atoms with Crippen LogP contribution >= 0.6 is 0 Å². The lowest BCUT2D eigenvalue weighted by Crippen LogP contribution is -2.22. The highest BCUT2D eigenvalue weighted by Crippen LogP contribution is 2.39. The summed E-state index contributed by atoms with van der Waals surface area (Å²) in [6.07, 6.45) is 13.7. The van der Waals surface area contributed by atoms with Crippen molar-refractivity contribution in [2.75, 3.05) is 0 Å². The van der Waals surface area contributed by atoms with Gasteiger partial charge in [0.25, 0.3) is 0 Å². The maximum Gasteiger partial charge on any atom is -0.0386 e. The van der Waals surface area contributed by atoms with Crippen LogP contribution in [0.1, 0.15) is 71.6 Å². The zero-order chi connectivity index (χ0) is 10.7. The first-order valence-electron chi connectivity index (χ1n) is 7.25. The summed E-state index contributed by atoms with van der Waals surface area (Å²) in [6, 6.07) is 0. The molecular weight excluding hydrogens is 180 g/mol. The molecule has 0 aliphatic heterocycles. The Morgan fingerprint density at radius 3 is 2.13 bits per heavy atom. The van der Waals surface area contributed by atoms with Gasteiger partial charge in [-0.1, -0.05) is 65.2 Å². The summed E-state index contributed by atoms with van der Waals surface area (Å²) in [5.41, 5.74) is 0. The van der Waals surface area contributed by atoms with Gasteiger partial charge in [-0.05, 0) is 30.1 Å². The van der Waals surface area contributed by atoms with Gasteiger partial charge >= 0.3 is 0 Å². The van der Waals surface area contributed by atoms with Gasteiger partial charge in [0.15, 0.2) is 0 Å². The van der Waals surface area contributed by atoms with E-state index in [1.807, 2.05) is 0 Å². The lowest BCUT2D eigenvalue weighted by atomic mass is 9.72. The fourth-order valence-electron chi connectivity index (χ4n) is 3.74. The first-order valence-corrected chi connectivity index (χ1v) is 7.25. The van der Waals surface area contributed by atoms with E-state index in [1.165, 1.54) is 51.4 Å². The molecule has 2 atom stereocenters. The molecule has 0 N–H and O–H groups in total. The first-order chi connectivity index (χ1) is 7.25. The predicted octanol–water partition coefficient (Wildman–Crippen LogP) is 5.03. The molecule has 88 valence electrons. The molecule has 0 amide bonds. The maximum absolute atomic E-state index is 2.50. The fourth-order valence-corrected chi connectivity index (χ4v) is 3.74. The van der Waals surface area contributed by atoms with Gasteiger partial charge in [-0.2, -0.15) is 0 Å². The second kappa shape index (κ2) is 5.37. The summed E-state index contributed by atoms with van der Waals surface area (Å²) in [5, 5.41) is 0. The molecule has 2 saturated carbocycles. The summed E-state index contributed by atoms with van der Waals surface area (Å²) < 4.78 is 0. The Hall–Kier alpha value is 0. The Kier molecular flexibility index (Phi) is 4.11. The summed E-state index contributed by atoms with van der Waals surface area (Å²) in [5.74, 6) is 4.21. The van der Waals surface area contributed by atoms with Gasteiger partial charge < -0.3 is 0 Å². The topological polar surface area (TPSA) is 0 Å². The Labute approximate surface area is 95.8 Å². The van der Waals surface area contributed by atoms with Crippen LogP contribution < -0.4 is 0 Å². The molecule has 15 heavy (non-hydrogen) atoms. The summed E-state index contributed by atoms with van der Waals surface area (Å²) in [7, 11) is 0. The van der Waals surface area contributed by atoms with Gasteiger partial charge in [-0.25, -0.2) is 0 Å². The second-order valence-corrected chi connectivity index (χ2v) is 6.38. The van der Waals surface area contributed by atoms with Crippen LogP contribution in [0.5, 0.6) is 0 Å². The second-order valence-electron chi connectivity index (χ2n) is 6.38. The van der Waals surface area contributed by atoms with E-state index < -0.39 is 0 Å². The van der Waals surface area contributed by atoms with Crippen LogP contribution in [0.15, 0.2) is 0 Å². The van der Waals surface area contributed by atoms with Crippen LogP contribution in [0.3, 0.4) is 0 Å². The van der Waals surface area contributed by atoms with E-state index in [1.54, 1.807) is 6.42 Å². The Morgan fingerprint density at radius 1 is 0.800 bits per heavy atom. The first kappa shape index (κ1) is 11.5. The van der Waals surface area contributed by atoms with Crippen molar-refractivity contribution >= 4 is 0 Å². The van der Waals surface area contributed by atoms with Gasteiger partial charge in [0, 0.05) is 0 Å². The minimum atomic E-state index is 1.02. The van der Waals surface area contributed by atoms with Crippen molar-refractivity contribution in [3.05, 3.63) is 0 Å². The molecule has 0 aromatic heterocycles. The van der Waals surface area contributed by atoms with E-state index in [-0.39, 0.29) is 0 Å². The summed E-state index contributed by atoms with van der Waals surface area (Å²) in [4.78, 5) is 0. The molecule has 0 aromatic carbocycles. The Bertz CT molecular complexity index is 176. The number of hydrogen-bond donors (Lipinski definition) is 0. The lowest BCUT2D eigenvalue weighted by molar-refractivity contribution is 0.176. The molecule has 0 nitrogen and oxygen atoms in total. The van der Waals surface area contributed by atoms with Crippen molar-refractivity contribution in [3.63, 3.8) is 0 Å². The fraction of sp³-hybridized carbons (Fsp3) is 1.00. The van der Waals surface area contributed by atoms with Crippen molar-refractivity contribution in [1.29, 1.82) is 0 Å². The van der Waals surface area contributed by atoms with Crippen molar-refractivity contribution in [3.8, 4) is 0 Å². The highest BCUT2D eigenvalue weighted by atomic mass is 14.3. The Balaban J connectivity index is 1.75. The van der Waals surface area contributed by atoms with Crippen molar-refractivity contribution in [2.45, 2.75) is 71.6 Å². The standard InChI is InChI=1S/C15H28/c1-12-7-9-14(10-8-12)11-15-6-4-3-5-13(15)2/h12-15H,3-11H2,1-2H3/t12?,13-,14?,15?/m1/s1. The van der Waals surface area contributed by atoms with Crippen LogP contribution in [-0.2, 0) is 0 Å². The zero-order valence-electron chi connectivity index (χ0n) is 10.7. The van der Waals surface area contributed by atoms with E-state index in [4.69, 9.17) is 0 Å². The molecule has 0 aromatic rings. The highest BCUT2D eigenvalue weighted by molar-refractivity contribution is 4.78. The number of rotatable bonds is 2. The average Bonchev–Trinajstić information content (AvgIpc) is 2.25. The van der Waals surface area contributed by atoms with Crippen molar-refractivity contribution in [1.82, 2.24) is 0 Å². The van der Waals surface area contributed by atoms with E-state index in [2.05, 4.69) is 13.8 Å². The number of hydrogen-bond acceptors (Lipinski definition) is 0. The van der Waals surface area contributed by atoms with E-state index in [9.17, 15) is 0 Å². The van der Waals surface area contributed by atoms with Gasteiger partial charge in [0.1, 0.15) is 0 Å². The quantitative estimate of drug-likeness (QED) is 0.597. The largest absolute Gasteiger partial charge is 0.0625 e. The summed E-state index contributed by atoms with van der Waals surface area (Å²) in [6.45, 7) is 4.93. The van der Waals surface area contributed by atoms with Crippen molar-refractivity contribution < 1.29 is 0 Å². The third kappa shape index (κ3) is 3.23. The smallest absolute Gasteiger partial charge is 0.0386 e. The molecule has 2 rings (SSSR count). The lowest BCUT2D eigenvalue weighted by Gasteiger charge is -2.34. The SMILES string of the molecule is CC1CCC(CC2CCCC[C@H]2C)CC1. The van der Waals surface area contributed by atoms with E-state index in [0.717, 1.165) is 23.7 Å². The van der Waals surface area contributed by atoms with Crippen LogP contribution in [0, 0.1) is 23.7 Å². The van der Waals surface area contributed by atoms with E-state index in [0.29, 0.717) is 0 Å². The molecule has 2 fully saturated rings. The summed E-state index contributed by atoms with van der Waals surface area (Å²) >= 11 is 0. The van der Waals surface area contributed by atoms with Gasteiger partial charge in [0.05, 0.1) is 0 Å². The third-order valence-corrected chi connectivity index (χ3v) is 5.06. The van der Waals surface area contributed by atoms with Gasteiger partial charge in [0.2, 0.25) is 0 Å². The predicted molar refractivity (Wildman–Crippen MR) is 66.9 cm³/mol. The molecule has 2 aliphatic rings. The zero-order valence-corrected chi connectivity index (χ0v) is 10.7. The monoisotopic (exact) mass is 208 g/mol. The molecule has 1 unspecified atom stereocenters. The van der Waals surface area contributed by atoms with Crippen LogP contribution in [0.2, 0.25) is 0 Å². The highest BCUT2D eigenvalue weighted by Gasteiger charge is 2.26. The van der Waals surface area contributed by atoms with Crippen LogP contribution in [0.4, 0.5) is 0 Å². The van der Waals surface area contributed by atoms with E-state index >= 15 is 0 Å². The van der Waals surface area contributed by atoms with Gasteiger partial charge in [-0.3, -0.25) is 0 Å². The van der Waals surface area contributed by atoms with Crippen LogP contribution in [-0.4, -0.2) is 0 Å². The minimum Gasteiger partial charge on any atom is -0.0625 e. The minimum absolute atomic E-state index is 1.02. The average molecular weight is 208 g/mol. The van der Waals surface area contributed by atoms with Gasteiger partial charge in [-0.15, -0.1) is 0 Å². The molecule has 2 aliphatic carbocycles. The maximum atomic E-state index is 2.50. The van der Waals surface area contributed by atoms with Crippen molar-refractivity contribution in [2.24, 2.45) is 23.7 Å². The molecule has 0 heterocycles. The van der Waals surface area contributed by atoms with Crippen LogP contribution in [0.25, 0.3) is 0 Å².